The lowest BCUT2D eigenvalue weighted by Crippen LogP contribution is -2.52. The minimum absolute atomic E-state index is 0.0201. The summed E-state index contributed by atoms with van der Waals surface area (Å²) in [5, 5.41) is 20.5. The highest BCUT2D eigenvalue weighted by Crippen LogP contribution is 2.28. The number of ether oxygens (including phenoxy) is 1. The van der Waals surface area contributed by atoms with E-state index in [-0.39, 0.29) is 43.5 Å². The SMILES string of the molecule is CNCCC(C)(C)OCCC(C)C.O=C1CCC(N2Cc3cc(CNC(=O)Nc4cc(Cl)cc(CCO)c4)ccc3C2=O)C(=O)N1. The molecule has 12 heteroatoms. The van der Waals surface area contributed by atoms with Gasteiger partial charge in [0.1, 0.15) is 6.04 Å². The van der Waals surface area contributed by atoms with Crippen LogP contribution in [-0.4, -0.2) is 72.2 Å². The number of nitrogens with zero attached hydrogens (tertiary/aromatic N) is 1. The van der Waals surface area contributed by atoms with Gasteiger partial charge in [-0.3, -0.25) is 19.7 Å². The molecule has 4 rings (SSSR count). The largest absolute Gasteiger partial charge is 0.396 e. The van der Waals surface area contributed by atoms with Crippen LogP contribution in [0.2, 0.25) is 5.02 Å². The van der Waals surface area contributed by atoms with Crippen molar-refractivity contribution >= 4 is 41.0 Å². The summed E-state index contributed by atoms with van der Waals surface area (Å²) in [5.41, 5.74) is 3.44. The predicted octanol–water partition coefficient (Wildman–Crippen LogP) is 4.39. The first-order valence-electron chi connectivity index (χ1n) is 15.8. The van der Waals surface area contributed by atoms with Crippen LogP contribution in [0.5, 0.6) is 0 Å². The smallest absolute Gasteiger partial charge is 0.319 e. The topological polar surface area (TPSA) is 149 Å². The van der Waals surface area contributed by atoms with E-state index in [2.05, 4.69) is 49.0 Å². The highest BCUT2D eigenvalue weighted by atomic mass is 35.5. The van der Waals surface area contributed by atoms with Gasteiger partial charge in [-0.2, -0.15) is 0 Å². The van der Waals surface area contributed by atoms with Crippen molar-refractivity contribution in [1.29, 1.82) is 0 Å². The van der Waals surface area contributed by atoms with Gasteiger partial charge in [-0.25, -0.2) is 4.79 Å². The summed E-state index contributed by atoms with van der Waals surface area (Å²) in [7, 11) is 1.98. The number of benzene rings is 2. The van der Waals surface area contributed by atoms with Crippen LogP contribution < -0.4 is 21.3 Å². The monoisotopic (exact) mass is 657 g/mol. The Bertz CT molecular complexity index is 1380. The highest BCUT2D eigenvalue weighted by molar-refractivity contribution is 6.31. The maximum Gasteiger partial charge on any atom is 0.319 e. The lowest BCUT2D eigenvalue weighted by atomic mass is 10.0. The molecule has 5 amide bonds. The van der Waals surface area contributed by atoms with Crippen molar-refractivity contribution < 1.29 is 29.0 Å². The van der Waals surface area contributed by atoms with Gasteiger partial charge in [0.25, 0.3) is 5.91 Å². The molecule has 1 fully saturated rings. The summed E-state index contributed by atoms with van der Waals surface area (Å²) in [4.78, 5) is 50.1. The summed E-state index contributed by atoms with van der Waals surface area (Å²) < 4.78 is 5.80. The Morgan fingerprint density at radius 1 is 1.15 bits per heavy atom. The average Bonchev–Trinajstić information content (AvgIpc) is 3.30. The fraction of sp³-hybridized carbons (Fsp3) is 0.529. The number of rotatable bonds is 13. The zero-order chi connectivity index (χ0) is 33.9. The second-order valence-corrected chi connectivity index (χ2v) is 13.1. The number of nitrogens with one attached hydrogen (secondary N) is 4. The number of halogens is 1. The third-order valence-corrected chi connectivity index (χ3v) is 8.04. The number of hydrogen-bond donors (Lipinski definition) is 5. The fourth-order valence-electron chi connectivity index (χ4n) is 5.16. The van der Waals surface area contributed by atoms with Gasteiger partial charge < -0.3 is 30.7 Å². The van der Waals surface area contributed by atoms with Crippen molar-refractivity contribution in [3.63, 3.8) is 0 Å². The Labute approximate surface area is 276 Å². The Hall–Kier alpha value is -3.51. The third-order valence-electron chi connectivity index (χ3n) is 7.82. The van der Waals surface area contributed by atoms with Crippen LogP contribution in [0.25, 0.3) is 0 Å². The second kappa shape index (κ2) is 17.4. The number of amides is 5. The number of carbonyl (C=O) groups excluding carboxylic acids is 4. The number of piperidine rings is 1. The summed E-state index contributed by atoms with van der Waals surface area (Å²) in [5.74, 6) is -0.278. The van der Waals surface area contributed by atoms with Gasteiger partial charge in [-0.15, -0.1) is 0 Å². The van der Waals surface area contributed by atoms with E-state index in [1.807, 2.05) is 13.1 Å². The molecular weight excluding hydrogens is 610 g/mol. The van der Waals surface area contributed by atoms with E-state index < -0.39 is 18.0 Å². The van der Waals surface area contributed by atoms with Crippen LogP contribution in [0, 0.1) is 5.92 Å². The highest BCUT2D eigenvalue weighted by Gasteiger charge is 2.39. The van der Waals surface area contributed by atoms with Crippen molar-refractivity contribution in [2.45, 2.75) is 84.5 Å². The van der Waals surface area contributed by atoms with Crippen LogP contribution in [-0.2, 0) is 33.8 Å². The molecule has 1 atom stereocenters. The van der Waals surface area contributed by atoms with Gasteiger partial charge in [0.05, 0.1) is 5.60 Å². The van der Waals surface area contributed by atoms with Crippen molar-refractivity contribution in [2.24, 2.45) is 5.92 Å². The molecule has 1 unspecified atom stereocenters. The molecule has 2 heterocycles. The van der Waals surface area contributed by atoms with Crippen molar-refractivity contribution in [1.82, 2.24) is 20.9 Å². The molecule has 1 saturated heterocycles. The van der Waals surface area contributed by atoms with Crippen molar-refractivity contribution in [3.05, 3.63) is 63.7 Å². The summed E-state index contributed by atoms with van der Waals surface area (Å²) in [6, 6.07) is 9.28. The molecule has 46 heavy (non-hydrogen) atoms. The maximum absolute atomic E-state index is 12.8. The molecular formula is C34H48ClN5O6. The maximum atomic E-state index is 12.8. The van der Waals surface area contributed by atoms with Gasteiger partial charge in [0.2, 0.25) is 11.8 Å². The molecule has 0 saturated carbocycles. The molecule has 11 nitrogen and oxygen atoms in total. The summed E-state index contributed by atoms with van der Waals surface area (Å²) in [6.45, 7) is 11.2. The number of aliphatic hydroxyl groups excluding tert-OH is 1. The Kier molecular flexibility index (Phi) is 14.0. The lowest BCUT2D eigenvalue weighted by Gasteiger charge is -2.29. The molecule has 2 aliphatic heterocycles. The van der Waals surface area contributed by atoms with Crippen LogP contribution in [0.15, 0.2) is 36.4 Å². The van der Waals surface area contributed by atoms with Gasteiger partial charge >= 0.3 is 6.03 Å². The van der Waals surface area contributed by atoms with Crippen LogP contribution in [0.3, 0.4) is 0 Å². The standard InChI is InChI=1S/C23H23ClN4O5.C11H25NO/c24-16-8-13(5-6-29)9-17(10-16)26-23(33)25-11-14-1-2-18-15(7-14)12-28(22(18)32)19-3-4-20(30)27-21(19)31;1-10(2)6-9-13-11(3,4)7-8-12-5/h1-2,7-10,19,29H,3-6,11-12H2,(H2,25,26,33)(H,27,30,31);10,12H,6-9H2,1-5H3. The molecule has 2 aliphatic rings. The van der Waals surface area contributed by atoms with Crippen LogP contribution in [0.4, 0.5) is 10.5 Å². The van der Waals surface area contributed by atoms with E-state index >= 15 is 0 Å². The predicted molar refractivity (Wildman–Crippen MR) is 179 cm³/mol. The van der Waals surface area contributed by atoms with Crippen LogP contribution >= 0.6 is 11.6 Å². The molecule has 2 aromatic carbocycles. The van der Waals surface area contributed by atoms with Gasteiger partial charge in [0, 0.05) is 49.0 Å². The first kappa shape index (κ1) is 37.0. The lowest BCUT2D eigenvalue weighted by molar-refractivity contribution is -0.136. The molecule has 252 valence electrons. The van der Waals surface area contributed by atoms with Gasteiger partial charge in [-0.1, -0.05) is 37.6 Å². The molecule has 0 radical (unpaired) electrons. The number of fused-ring (bicyclic) bond motifs is 1. The normalized spacial score (nSPS) is 16.1. The number of hydrogen-bond acceptors (Lipinski definition) is 7. The zero-order valence-corrected chi connectivity index (χ0v) is 28.3. The number of imide groups is 1. The molecule has 5 N–H and O–H groups in total. The minimum Gasteiger partial charge on any atom is -0.396 e. The number of urea groups is 1. The number of carbonyl (C=O) groups is 4. The quantitative estimate of drug-likeness (QED) is 0.201. The Balaban J connectivity index is 0.000000376. The fourth-order valence-corrected chi connectivity index (χ4v) is 5.42. The first-order valence-corrected chi connectivity index (χ1v) is 16.2. The van der Waals surface area contributed by atoms with Gasteiger partial charge in [-0.05, 0) is 100.0 Å². The summed E-state index contributed by atoms with van der Waals surface area (Å²) >= 11 is 6.07. The summed E-state index contributed by atoms with van der Waals surface area (Å²) in [6.07, 6.45) is 3.17. The van der Waals surface area contributed by atoms with E-state index in [1.54, 1.807) is 30.3 Å². The molecule has 0 bridgehead atoms. The number of aliphatic hydroxyl groups is 1. The van der Waals surface area contributed by atoms with E-state index in [0.29, 0.717) is 29.1 Å². The molecule has 0 aliphatic carbocycles. The first-order chi connectivity index (χ1) is 21.8. The minimum atomic E-state index is -0.664. The van der Waals surface area contributed by atoms with Crippen LogP contribution in [0.1, 0.15) is 80.4 Å². The average molecular weight is 658 g/mol. The van der Waals surface area contributed by atoms with E-state index in [4.69, 9.17) is 21.4 Å². The third kappa shape index (κ3) is 11.4. The van der Waals surface area contributed by atoms with Crippen molar-refractivity contribution in [2.75, 3.05) is 32.1 Å². The van der Waals surface area contributed by atoms with E-state index in [9.17, 15) is 19.2 Å². The van der Waals surface area contributed by atoms with E-state index in [0.717, 1.165) is 48.6 Å². The van der Waals surface area contributed by atoms with E-state index in [1.165, 1.54) is 4.90 Å². The van der Waals surface area contributed by atoms with Crippen molar-refractivity contribution in [3.8, 4) is 0 Å². The van der Waals surface area contributed by atoms with Gasteiger partial charge in [0.15, 0.2) is 0 Å². The molecule has 0 spiro atoms. The number of anilines is 1. The molecule has 2 aromatic rings. The molecule has 0 aromatic heterocycles. The second-order valence-electron chi connectivity index (χ2n) is 12.7. The Morgan fingerprint density at radius 3 is 2.59 bits per heavy atom. The Morgan fingerprint density at radius 2 is 1.91 bits per heavy atom. The zero-order valence-electron chi connectivity index (χ0n) is 27.5.